The van der Waals surface area contributed by atoms with Crippen molar-refractivity contribution in [2.45, 2.75) is 26.6 Å². The number of aromatic nitrogens is 1. The average molecular weight is 425 g/mol. The number of hydrogen-bond acceptors (Lipinski definition) is 4. The molecule has 1 aromatic heterocycles. The summed E-state index contributed by atoms with van der Waals surface area (Å²) < 4.78 is 49.9. The van der Waals surface area contributed by atoms with Crippen LogP contribution in [0.2, 0.25) is 5.02 Å². The first-order valence-electron chi connectivity index (χ1n) is 8.48. The van der Waals surface area contributed by atoms with E-state index in [2.05, 4.69) is 10.5 Å². The van der Waals surface area contributed by atoms with Crippen molar-refractivity contribution in [1.82, 2.24) is 5.16 Å². The molecule has 2 aromatic carbocycles. The molecule has 0 aliphatic heterocycles. The van der Waals surface area contributed by atoms with Gasteiger partial charge in [-0.1, -0.05) is 28.9 Å². The highest BCUT2D eigenvalue weighted by molar-refractivity contribution is 6.31. The first kappa shape index (κ1) is 20.7. The van der Waals surface area contributed by atoms with E-state index in [4.69, 9.17) is 20.9 Å². The number of amides is 1. The SMILES string of the molecule is Cc1noc(C)c1COc1ccccc1C(=O)Nc1ccc(Cl)c(C(F)(F)F)c1. The van der Waals surface area contributed by atoms with E-state index in [1.165, 1.54) is 12.1 Å². The van der Waals surface area contributed by atoms with E-state index in [9.17, 15) is 18.0 Å². The standard InChI is InChI=1S/C20H16ClF3N2O3/c1-11-15(12(2)29-26-11)10-28-18-6-4-3-5-14(18)19(27)25-13-7-8-17(21)16(9-13)20(22,23)24/h3-9H,10H2,1-2H3,(H,25,27). The van der Waals surface area contributed by atoms with Crippen molar-refractivity contribution in [3.8, 4) is 5.75 Å². The van der Waals surface area contributed by atoms with Crippen LogP contribution in [0.25, 0.3) is 0 Å². The van der Waals surface area contributed by atoms with E-state index in [0.29, 0.717) is 11.5 Å². The van der Waals surface area contributed by atoms with Crippen molar-refractivity contribution in [3.05, 3.63) is 75.6 Å². The number of anilines is 1. The second kappa shape index (κ2) is 8.16. The quantitative estimate of drug-likeness (QED) is 0.562. The molecule has 0 saturated carbocycles. The van der Waals surface area contributed by atoms with E-state index in [1.807, 2.05) is 0 Å². The summed E-state index contributed by atoms with van der Waals surface area (Å²) >= 11 is 5.61. The van der Waals surface area contributed by atoms with Crippen LogP contribution in [-0.4, -0.2) is 11.1 Å². The number of rotatable bonds is 5. The molecular weight excluding hydrogens is 409 g/mol. The van der Waals surface area contributed by atoms with Gasteiger partial charge >= 0.3 is 6.18 Å². The Balaban J connectivity index is 1.80. The lowest BCUT2D eigenvalue weighted by Crippen LogP contribution is -2.15. The van der Waals surface area contributed by atoms with Crippen LogP contribution in [0.15, 0.2) is 47.0 Å². The van der Waals surface area contributed by atoms with Gasteiger partial charge in [-0.25, -0.2) is 0 Å². The van der Waals surface area contributed by atoms with Crippen molar-refractivity contribution in [2.24, 2.45) is 0 Å². The number of nitrogens with one attached hydrogen (secondary N) is 1. The maximum absolute atomic E-state index is 13.0. The minimum Gasteiger partial charge on any atom is -0.488 e. The van der Waals surface area contributed by atoms with Crippen LogP contribution in [0, 0.1) is 13.8 Å². The van der Waals surface area contributed by atoms with Gasteiger partial charge in [0.05, 0.1) is 27.4 Å². The van der Waals surface area contributed by atoms with Crippen LogP contribution < -0.4 is 10.1 Å². The highest BCUT2D eigenvalue weighted by Gasteiger charge is 2.33. The van der Waals surface area contributed by atoms with E-state index >= 15 is 0 Å². The molecule has 1 heterocycles. The number of nitrogens with zero attached hydrogens (tertiary/aromatic N) is 1. The van der Waals surface area contributed by atoms with E-state index in [1.54, 1.807) is 32.0 Å². The Morgan fingerprint density at radius 1 is 1.21 bits per heavy atom. The van der Waals surface area contributed by atoms with E-state index in [0.717, 1.165) is 17.7 Å². The average Bonchev–Trinajstić information content (AvgIpc) is 2.98. The fourth-order valence-electron chi connectivity index (χ4n) is 2.66. The van der Waals surface area contributed by atoms with Gasteiger partial charge in [-0.3, -0.25) is 4.79 Å². The Hall–Kier alpha value is -3.00. The maximum atomic E-state index is 13.0. The molecule has 0 fully saturated rings. The molecule has 29 heavy (non-hydrogen) atoms. The molecule has 0 aliphatic rings. The van der Waals surface area contributed by atoms with Gasteiger partial charge in [0.25, 0.3) is 5.91 Å². The van der Waals surface area contributed by atoms with Gasteiger partial charge in [-0.15, -0.1) is 0 Å². The number of halogens is 4. The van der Waals surface area contributed by atoms with Gasteiger partial charge in [-0.2, -0.15) is 13.2 Å². The highest BCUT2D eigenvalue weighted by atomic mass is 35.5. The lowest BCUT2D eigenvalue weighted by atomic mass is 10.1. The molecular formula is C20H16ClF3N2O3. The van der Waals surface area contributed by atoms with Crippen molar-refractivity contribution in [2.75, 3.05) is 5.32 Å². The summed E-state index contributed by atoms with van der Waals surface area (Å²) in [5.74, 6) is 0.259. The van der Waals surface area contributed by atoms with Crippen LogP contribution in [0.3, 0.4) is 0 Å². The fourth-order valence-corrected chi connectivity index (χ4v) is 2.88. The summed E-state index contributed by atoms with van der Waals surface area (Å²) in [6.45, 7) is 3.65. The molecule has 3 rings (SSSR count). The Morgan fingerprint density at radius 3 is 2.59 bits per heavy atom. The molecule has 1 N–H and O–H groups in total. The Labute approximate surface area is 169 Å². The van der Waals surface area contributed by atoms with Crippen molar-refractivity contribution >= 4 is 23.2 Å². The van der Waals surface area contributed by atoms with Crippen LogP contribution in [-0.2, 0) is 12.8 Å². The van der Waals surface area contributed by atoms with Crippen molar-refractivity contribution in [3.63, 3.8) is 0 Å². The maximum Gasteiger partial charge on any atom is 0.417 e. The van der Waals surface area contributed by atoms with Crippen LogP contribution in [0.1, 0.15) is 32.9 Å². The summed E-state index contributed by atoms with van der Waals surface area (Å²) in [6.07, 6.45) is -4.63. The third-order valence-corrected chi connectivity index (χ3v) is 4.54. The van der Waals surface area contributed by atoms with Gasteiger partial charge in [0.1, 0.15) is 18.1 Å². The van der Waals surface area contributed by atoms with Gasteiger partial charge in [0.2, 0.25) is 0 Å². The Bertz CT molecular complexity index is 1030. The normalized spacial score (nSPS) is 11.4. The molecule has 0 spiro atoms. The molecule has 0 bridgehead atoms. The van der Waals surface area contributed by atoms with E-state index in [-0.39, 0.29) is 23.6 Å². The largest absolute Gasteiger partial charge is 0.488 e. The fraction of sp³-hybridized carbons (Fsp3) is 0.200. The molecule has 1 amide bonds. The van der Waals surface area contributed by atoms with Gasteiger partial charge in [-0.05, 0) is 44.2 Å². The zero-order valence-corrected chi connectivity index (χ0v) is 16.2. The first-order chi connectivity index (χ1) is 13.7. The molecule has 0 saturated heterocycles. The van der Waals surface area contributed by atoms with Crippen LogP contribution >= 0.6 is 11.6 Å². The number of hydrogen-bond donors (Lipinski definition) is 1. The summed E-state index contributed by atoms with van der Waals surface area (Å²) in [7, 11) is 0. The number of aryl methyl sites for hydroxylation is 2. The van der Waals surface area contributed by atoms with Crippen molar-refractivity contribution in [1.29, 1.82) is 0 Å². The lowest BCUT2D eigenvalue weighted by Gasteiger charge is -2.14. The summed E-state index contributed by atoms with van der Waals surface area (Å²) in [5.41, 5.74) is 0.535. The van der Waals surface area contributed by atoms with E-state index < -0.39 is 22.7 Å². The monoisotopic (exact) mass is 424 g/mol. The molecule has 0 radical (unpaired) electrons. The summed E-state index contributed by atoms with van der Waals surface area (Å²) in [6, 6.07) is 9.58. The molecule has 9 heteroatoms. The van der Waals surface area contributed by atoms with Crippen molar-refractivity contribution < 1.29 is 27.2 Å². The van der Waals surface area contributed by atoms with Crippen LogP contribution in [0.4, 0.5) is 18.9 Å². The van der Waals surface area contributed by atoms with Gasteiger partial charge in [0, 0.05) is 5.69 Å². The predicted molar refractivity (Wildman–Crippen MR) is 101 cm³/mol. The number of ether oxygens (including phenoxy) is 1. The highest BCUT2D eigenvalue weighted by Crippen LogP contribution is 2.36. The Morgan fingerprint density at radius 2 is 1.93 bits per heavy atom. The third kappa shape index (κ3) is 4.71. The third-order valence-electron chi connectivity index (χ3n) is 4.21. The van der Waals surface area contributed by atoms with Gasteiger partial charge < -0.3 is 14.6 Å². The van der Waals surface area contributed by atoms with Gasteiger partial charge in [0.15, 0.2) is 0 Å². The first-order valence-corrected chi connectivity index (χ1v) is 8.86. The number of carbonyl (C=O) groups is 1. The second-order valence-electron chi connectivity index (χ2n) is 6.23. The zero-order chi connectivity index (χ0) is 21.2. The Kier molecular flexibility index (Phi) is 5.83. The number of alkyl halides is 3. The molecule has 0 unspecified atom stereocenters. The predicted octanol–water partition coefficient (Wildman–Crippen LogP) is 5.79. The zero-order valence-electron chi connectivity index (χ0n) is 15.4. The minimum absolute atomic E-state index is 0.0350. The van der Waals surface area contributed by atoms with Crippen LogP contribution in [0.5, 0.6) is 5.75 Å². The molecule has 3 aromatic rings. The smallest absolute Gasteiger partial charge is 0.417 e. The lowest BCUT2D eigenvalue weighted by molar-refractivity contribution is -0.137. The second-order valence-corrected chi connectivity index (χ2v) is 6.64. The number of benzene rings is 2. The number of carbonyl (C=O) groups excluding carboxylic acids is 1. The summed E-state index contributed by atoms with van der Waals surface area (Å²) in [5, 5.41) is 5.84. The molecule has 0 atom stereocenters. The topological polar surface area (TPSA) is 64.4 Å². The molecule has 152 valence electrons. The number of para-hydroxylation sites is 1. The summed E-state index contributed by atoms with van der Waals surface area (Å²) in [4.78, 5) is 12.6. The molecule has 5 nitrogen and oxygen atoms in total. The minimum atomic E-state index is -4.63. The molecule has 0 aliphatic carbocycles.